The standard InChI is InChI=1S/2C7H6N2O.C3H8/c2*10-7-8-5-3-1-2-4-6(5)9-7;1-3-2/h2*1-4H,(H2,8,9,10);3H2,1-2H3. The van der Waals surface area contributed by atoms with E-state index in [1.807, 2.05) is 48.5 Å². The molecule has 0 saturated carbocycles. The number of hydrogen-bond acceptors (Lipinski definition) is 2. The summed E-state index contributed by atoms with van der Waals surface area (Å²) in [5, 5.41) is 0. The molecule has 4 N–H and O–H groups in total. The molecule has 2 heterocycles. The molecule has 4 aromatic rings. The van der Waals surface area contributed by atoms with Crippen molar-refractivity contribution in [1.29, 1.82) is 0 Å². The largest absolute Gasteiger partial charge is 0.323 e. The van der Waals surface area contributed by atoms with Crippen LogP contribution in [-0.2, 0) is 0 Å². The van der Waals surface area contributed by atoms with Crippen LogP contribution in [0.2, 0.25) is 0 Å². The fraction of sp³-hybridized carbons (Fsp3) is 0.176. The summed E-state index contributed by atoms with van der Waals surface area (Å²) in [5.74, 6) is 0. The van der Waals surface area contributed by atoms with E-state index in [1.165, 1.54) is 6.42 Å². The lowest BCUT2D eigenvalue weighted by molar-refractivity contribution is 1.09. The second-order valence-electron chi connectivity index (χ2n) is 4.96. The number of H-pyrrole nitrogens is 4. The smallest absolute Gasteiger partial charge is 0.306 e. The molecule has 120 valence electrons. The van der Waals surface area contributed by atoms with Gasteiger partial charge in [0, 0.05) is 0 Å². The van der Waals surface area contributed by atoms with E-state index in [4.69, 9.17) is 0 Å². The van der Waals surface area contributed by atoms with Crippen molar-refractivity contribution in [2.24, 2.45) is 0 Å². The van der Waals surface area contributed by atoms with Gasteiger partial charge in [0.25, 0.3) is 0 Å². The predicted molar refractivity (Wildman–Crippen MR) is 93.8 cm³/mol. The maximum atomic E-state index is 10.7. The third kappa shape index (κ3) is 4.47. The van der Waals surface area contributed by atoms with Crippen molar-refractivity contribution < 1.29 is 0 Å². The van der Waals surface area contributed by atoms with Gasteiger partial charge < -0.3 is 19.9 Å². The zero-order chi connectivity index (χ0) is 16.7. The van der Waals surface area contributed by atoms with Crippen LogP contribution in [0.5, 0.6) is 0 Å². The number of benzene rings is 2. The second kappa shape index (κ2) is 7.84. The summed E-state index contributed by atoms with van der Waals surface area (Å²) >= 11 is 0. The van der Waals surface area contributed by atoms with E-state index in [0.717, 1.165) is 22.1 Å². The minimum Gasteiger partial charge on any atom is -0.306 e. The molecule has 0 bridgehead atoms. The number of aromatic nitrogens is 4. The average Bonchev–Trinajstić information content (AvgIpc) is 3.08. The van der Waals surface area contributed by atoms with Crippen LogP contribution in [0, 0.1) is 0 Å². The van der Waals surface area contributed by atoms with Gasteiger partial charge in [-0.05, 0) is 24.3 Å². The first-order chi connectivity index (χ1) is 11.1. The van der Waals surface area contributed by atoms with Crippen molar-refractivity contribution in [3.05, 3.63) is 69.5 Å². The van der Waals surface area contributed by atoms with Crippen LogP contribution in [0.25, 0.3) is 22.1 Å². The summed E-state index contributed by atoms with van der Waals surface area (Å²) in [6, 6.07) is 14.9. The van der Waals surface area contributed by atoms with Crippen LogP contribution < -0.4 is 11.4 Å². The molecule has 0 radical (unpaired) electrons. The van der Waals surface area contributed by atoms with Crippen LogP contribution >= 0.6 is 0 Å². The molecule has 23 heavy (non-hydrogen) atoms. The number of rotatable bonds is 0. The number of fused-ring (bicyclic) bond motifs is 2. The molecule has 0 aliphatic rings. The fourth-order valence-electron chi connectivity index (χ4n) is 1.95. The Morgan fingerprint density at radius 1 is 0.609 bits per heavy atom. The number of nitrogens with one attached hydrogen (secondary N) is 4. The quantitative estimate of drug-likeness (QED) is 0.401. The molecule has 4 rings (SSSR count). The molecular weight excluding hydrogens is 292 g/mol. The second-order valence-corrected chi connectivity index (χ2v) is 4.96. The van der Waals surface area contributed by atoms with E-state index in [9.17, 15) is 9.59 Å². The molecular formula is C17H20N4O2. The van der Waals surface area contributed by atoms with Crippen molar-refractivity contribution in [2.45, 2.75) is 20.3 Å². The molecule has 6 nitrogen and oxygen atoms in total. The molecule has 0 aliphatic carbocycles. The minimum atomic E-state index is -0.152. The van der Waals surface area contributed by atoms with Gasteiger partial charge in [0.1, 0.15) is 0 Å². The molecule has 0 saturated heterocycles. The van der Waals surface area contributed by atoms with Gasteiger partial charge in [-0.1, -0.05) is 44.5 Å². The minimum absolute atomic E-state index is 0.152. The van der Waals surface area contributed by atoms with Crippen molar-refractivity contribution in [2.75, 3.05) is 0 Å². The van der Waals surface area contributed by atoms with E-state index in [2.05, 4.69) is 33.8 Å². The van der Waals surface area contributed by atoms with E-state index < -0.39 is 0 Å². The summed E-state index contributed by atoms with van der Waals surface area (Å²) in [4.78, 5) is 31.9. The Bertz CT molecular complexity index is 823. The highest BCUT2D eigenvalue weighted by molar-refractivity contribution is 5.74. The Labute approximate surface area is 132 Å². The Balaban J connectivity index is 0.000000143. The highest BCUT2D eigenvalue weighted by Gasteiger charge is 1.92. The third-order valence-corrected chi connectivity index (χ3v) is 2.85. The van der Waals surface area contributed by atoms with E-state index in [-0.39, 0.29) is 11.4 Å². The summed E-state index contributed by atoms with van der Waals surface area (Å²) in [6.07, 6.45) is 1.25. The first-order valence-corrected chi connectivity index (χ1v) is 7.48. The Morgan fingerprint density at radius 2 is 0.826 bits per heavy atom. The van der Waals surface area contributed by atoms with Gasteiger partial charge in [-0.2, -0.15) is 0 Å². The van der Waals surface area contributed by atoms with Crippen LogP contribution in [0.15, 0.2) is 58.1 Å². The lowest BCUT2D eigenvalue weighted by Gasteiger charge is -1.81. The topological polar surface area (TPSA) is 97.3 Å². The van der Waals surface area contributed by atoms with Gasteiger partial charge in [0.15, 0.2) is 0 Å². The third-order valence-electron chi connectivity index (χ3n) is 2.85. The highest BCUT2D eigenvalue weighted by Crippen LogP contribution is 2.03. The highest BCUT2D eigenvalue weighted by atomic mass is 16.1. The Hall–Kier alpha value is -3.02. The number of hydrogen-bond donors (Lipinski definition) is 4. The molecule has 0 fully saturated rings. The summed E-state index contributed by atoms with van der Waals surface area (Å²) in [5.41, 5.74) is 3.11. The van der Waals surface area contributed by atoms with Crippen molar-refractivity contribution in [3.63, 3.8) is 0 Å². The molecule has 0 spiro atoms. The molecule has 2 aromatic carbocycles. The molecule has 2 aromatic heterocycles. The fourth-order valence-corrected chi connectivity index (χ4v) is 1.95. The van der Waals surface area contributed by atoms with E-state index in [0.29, 0.717) is 0 Å². The molecule has 0 unspecified atom stereocenters. The summed E-state index contributed by atoms with van der Waals surface area (Å²) in [6.45, 7) is 4.25. The lowest BCUT2D eigenvalue weighted by Crippen LogP contribution is -1.99. The first kappa shape index (κ1) is 16.4. The van der Waals surface area contributed by atoms with Crippen LogP contribution in [0.1, 0.15) is 20.3 Å². The lowest BCUT2D eigenvalue weighted by atomic mass is 10.3. The molecule has 0 atom stereocenters. The zero-order valence-corrected chi connectivity index (χ0v) is 13.1. The average molecular weight is 312 g/mol. The summed E-state index contributed by atoms with van der Waals surface area (Å²) in [7, 11) is 0. The Kier molecular flexibility index (Phi) is 5.57. The van der Waals surface area contributed by atoms with Gasteiger partial charge in [-0.15, -0.1) is 0 Å². The van der Waals surface area contributed by atoms with Crippen LogP contribution in [0.3, 0.4) is 0 Å². The zero-order valence-electron chi connectivity index (χ0n) is 13.1. The maximum absolute atomic E-state index is 10.7. The van der Waals surface area contributed by atoms with Gasteiger partial charge in [-0.25, -0.2) is 9.59 Å². The monoisotopic (exact) mass is 312 g/mol. The van der Waals surface area contributed by atoms with Crippen LogP contribution in [-0.4, -0.2) is 19.9 Å². The molecule has 0 aliphatic heterocycles. The van der Waals surface area contributed by atoms with Crippen molar-refractivity contribution >= 4 is 22.1 Å². The van der Waals surface area contributed by atoms with E-state index in [1.54, 1.807) is 0 Å². The SMILES string of the molecule is CCC.O=c1[nH]c2ccccc2[nH]1.O=c1[nH]c2ccccc2[nH]1. The van der Waals surface area contributed by atoms with Crippen molar-refractivity contribution in [3.8, 4) is 0 Å². The molecule has 0 amide bonds. The van der Waals surface area contributed by atoms with Gasteiger partial charge in [0.05, 0.1) is 22.1 Å². The molecule has 6 heteroatoms. The van der Waals surface area contributed by atoms with Gasteiger partial charge >= 0.3 is 11.4 Å². The van der Waals surface area contributed by atoms with Gasteiger partial charge in [-0.3, -0.25) is 0 Å². The van der Waals surface area contributed by atoms with E-state index >= 15 is 0 Å². The van der Waals surface area contributed by atoms with Crippen LogP contribution in [0.4, 0.5) is 0 Å². The number of para-hydroxylation sites is 4. The normalized spacial score (nSPS) is 9.83. The summed E-state index contributed by atoms with van der Waals surface area (Å²) < 4.78 is 0. The van der Waals surface area contributed by atoms with Gasteiger partial charge in [0.2, 0.25) is 0 Å². The number of aromatic amines is 4. The first-order valence-electron chi connectivity index (χ1n) is 7.48. The van der Waals surface area contributed by atoms with Crippen molar-refractivity contribution in [1.82, 2.24) is 19.9 Å². The number of imidazole rings is 2. The Morgan fingerprint density at radius 3 is 1.04 bits per heavy atom. The predicted octanol–water partition coefficient (Wildman–Crippen LogP) is 3.13. The maximum Gasteiger partial charge on any atom is 0.323 e.